The van der Waals surface area contributed by atoms with Crippen LogP contribution in [-0.2, 0) is 10.8 Å². The van der Waals surface area contributed by atoms with Crippen LogP contribution in [0.4, 0.5) is 0 Å². The maximum atomic E-state index is 6.41. The largest absolute Gasteiger partial charge is 0.417 e. The highest BCUT2D eigenvalue weighted by Crippen LogP contribution is 2.38. The third-order valence-corrected chi connectivity index (χ3v) is 9.57. The Morgan fingerprint density at radius 1 is 1.38 bits per heavy atom. The van der Waals surface area contributed by atoms with Gasteiger partial charge >= 0.3 is 0 Å². The predicted octanol–water partition coefficient (Wildman–Crippen LogP) is 5.07. The van der Waals surface area contributed by atoms with Crippen molar-refractivity contribution < 1.29 is 4.43 Å². The summed E-state index contributed by atoms with van der Waals surface area (Å²) >= 11 is 0. The number of hydrogen-bond donors (Lipinski definition) is 0. The number of pyridine rings is 1. The molecule has 21 heavy (non-hydrogen) atoms. The summed E-state index contributed by atoms with van der Waals surface area (Å²) in [4.78, 5) is 4.51. The summed E-state index contributed by atoms with van der Waals surface area (Å²) in [7, 11) is -1.65. The lowest BCUT2D eigenvalue weighted by atomic mass is 9.99. The molecule has 0 bridgehead atoms. The Kier molecular flexibility index (Phi) is 4.74. The van der Waals surface area contributed by atoms with Gasteiger partial charge in [0.1, 0.15) is 0 Å². The fraction of sp³-hybridized carbons (Fsp3) is 0.611. The Morgan fingerprint density at radius 2 is 2.10 bits per heavy atom. The summed E-state index contributed by atoms with van der Waals surface area (Å²) in [5.74, 6) is 0.570. The Morgan fingerprint density at radius 3 is 2.76 bits per heavy atom. The number of rotatable bonds is 3. The summed E-state index contributed by atoms with van der Waals surface area (Å²) in [6.45, 7) is 16.7. The van der Waals surface area contributed by atoms with Crippen LogP contribution in [0.2, 0.25) is 18.1 Å². The van der Waals surface area contributed by atoms with Crippen LogP contribution in [0.5, 0.6) is 0 Å². The van der Waals surface area contributed by atoms with Crippen LogP contribution in [-0.4, -0.2) is 19.9 Å². The molecule has 0 saturated heterocycles. The van der Waals surface area contributed by atoms with E-state index in [0.717, 1.165) is 25.1 Å². The maximum absolute atomic E-state index is 6.41. The van der Waals surface area contributed by atoms with Gasteiger partial charge in [-0.25, -0.2) is 0 Å². The molecule has 0 aromatic carbocycles. The number of aryl methyl sites for hydroxylation is 1. The van der Waals surface area contributed by atoms with Gasteiger partial charge in [-0.3, -0.25) is 4.98 Å². The lowest BCUT2D eigenvalue weighted by Gasteiger charge is -2.37. The maximum Gasteiger partial charge on any atom is 0.191 e. The molecule has 0 N–H and O–H groups in total. The molecule has 0 fully saturated rings. The van der Waals surface area contributed by atoms with E-state index in [2.05, 4.69) is 51.5 Å². The molecule has 0 unspecified atom stereocenters. The average Bonchev–Trinajstić information content (AvgIpc) is 2.55. The molecule has 1 aliphatic rings. The van der Waals surface area contributed by atoms with Gasteiger partial charge in [-0.1, -0.05) is 33.4 Å². The van der Waals surface area contributed by atoms with Crippen LogP contribution < -0.4 is 0 Å². The first-order valence-electron chi connectivity index (χ1n) is 7.97. The van der Waals surface area contributed by atoms with Crippen molar-refractivity contribution in [3.8, 4) is 0 Å². The zero-order valence-electron chi connectivity index (χ0n) is 14.2. The van der Waals surface area contributed by atoms with E-state index in [4.69, 9.17) is 4.43 Å². The molecule has 0 saturated carbocycles. The summed E-state index contributed by atoms with van der Waals surface area (Å²) in [6.07, 6.45) is 5.15. The van der Waals surface area contributed by atoms with E-state index in [1.807, 2.05) is 12.3 Å². The van der Waals surface area contributed by atoms with Gasteiger partial charge in [-0.15, -0.1) is 0 Å². The average molecular weight is 304 g/mol. The van der Waals surface area contributed by atoms with Gasteiger partial charge in [0.25, 0.3) is 0 Å². The molecule has 1 aliphatic carbocycles. The third-order valence-electron chi connectivity index (χ3n) is 5.07. The molecule has 1 aromatic rings. The van der Waals surface area contributed by atoms with Gasteiger partial charge in [-0.05, 0) is 60.5 Å². The van der Waals surface area contributed by atoms with E-state index < -0.39 is 8.32 Å². The molecular formula is C18H29NOSi. The Labute approximate surface area is 130 Å². The zero-order chi connectivity index (χ0) is 15.7. The van der Waals surface area contributed by atoms with Crippen LogP contribution in [0.3, 0.4) is 0 Å². The van der Waals surface area contributed by atoms with Crippen molar-refractivity contribution in [3.63, 3.8) is 0 Å². The number of hydrogen-bond acceptors (Lipinski definition) is 2. The number of fused-ring (bicyclic) bond motifs is 1. The molecule has 1 aromatic heterocycles. The Bertz CT molecular complexity index is 516. The van der Waals surface area contributed by atoms with Crippen molar-refractivity contribution >= 4 is 13.9 Å². The SMILES string of the molecule is C=C1C[C@H](CO[Si](C)(C)C(C)(C)C)CCc2cccnc21. The predicted molar refractivity (Wildman–Crippen MR) is 92.8 cm³/mol. The second kappa shape index (κ2) is 6.05. The van der Waals surface area contributed by atoms with Crippen LogP contribution in [0, 0.1) is 5.92 Å². The van der Waals surface area contributed by atoms with Gasteiger partial charge in [0.2, 0.25) is 0 Å². The first-order chi connectivity index (χ1) is 9.71. The second-order valence-electron chi connectivity index (χ2n) is 7.79. The quantitative estimate of drug-likeness (QED) is 0.574. The molecule has 0 spiro atoms. The van der Waals surface area contributed by atoms with Crippen LogP contribution in [0.15, 0.2) is 24.9 Å². The minimum absolute atomic E-state index is 0.277. The van der Waals surface area contributed by atoms with E-state index in [0.29, 0.717) is 5.92 Å². The molecule has 0 radical (unpaired) electrons. The summed E-state index contributed by atoms with van der Waals surface area (Å²) < 4.78 is 6.41. The number of nitrogens with zero attached hydrogens (tertiary/aromatic N) is 1. The zero-order valence-corrected chi connectivity index (χ0v) is 15.2. The van der Waals surface area contributed by atoms with Crippen molar-refractivity contribution in [1.82, 2.24) is 4.98 Å². The van der Waals surface area contributed by atoms with Crippen LogP contribution >= 0.6 is 0 Å². The number of aromatic nitrogens is 1. The standard InChI is InChI=1S/C18H29NOSi/c1-14-12-15(13-20-21(5,6)18(2,3)4)9-10-16-8-7-11-19-17(14)16/h7-8,11,15H,1,9-10,12-13H2,2-6H3/t15-/m1/s1. The van der Waals surface area contributed by atoms with Crippen LogP contribution in [0.25, 0.3) is 5.57 Å². The van der Waals surface area contributed by atoms with Gasteiger partial charge in [0, 0.05) is 12.8 Å². The Hall–Kier alpha value is -0.933. The van der Waals surface area contributed by atoms with E-state index in [1.54, 1.807) is 0 Å². The topological polar surface area (TPSA) is 22.1 Å². The highest BCUT2D eigenvalue weighted by molar-refractivity contribution is 6.74. The molecule has 0 aliphatic heterocycles. The van der Waals surface area contributed by atoms with E-state index in [1.165, 1.54) is 17.6 Å². The van der Waals surface area contributed by atoms with E-state index >= 15 is 0 Å². The van der Waals surface area contributed by atoms with E-state index in [-0.39, 0.29) is 5.04 Å². The fourth-order valence-corrected chi connectivity index (χ4v) is 3.64. The van der Waals surface area contributed by atoms with Crippen molar-refractivity contribution in [2.45, 2.75) is 58.2 Å². The first kappa shape index (κ1) is 16.4. The van der Waals surface area contributed by atoms with Gasteiger partial charge < -0.3 is 4.43 Å². The second-order valence-corrected chi connectivity index (χ2v) is 12.6. The van der Waals surface area contributed by atoms with Crippen molar-refractivity contribution in [2.75, 3.05) is 6.61 Å². The molecule has 1 atom stereocenters. The molecule has 116 valence electrons. The minimum Gasteiger partial charge on any atom is -0.417 e. The molecule has 2 nitrogen and oxygen atoms in total. The summed E-state index contributed by atoms with van der Waals surface area (Å²) in [5, 5.41) is 0.277. The molecular weight excluding hydrogens is 274 g/mol. The fourth-order valence-electron chi connectivity index (χ4n) is 2.55. The third kappa shape index (κ3) is 3.83. The molecule has 0 amide bonds. The highest BCUT2D eigenvalue weighted by Gasteiger charge is 2.37. The lowest BCUT2D eigenvalue weighted by molar-refractivity contribution is 0.224. The molecule has 1 heterocycles. The van der Waals surface area contributed by atoms with Crippen molar-refractivity contribution in [3.05, 3.63) is 36.2 Å². The monoisotopic (exact) mass is 303 g/mol. The van der Waals surface area contributed by atoms with Gasteiger partial charge in [0.05, 0.1) is 5.69 Å². The highest BCUT2D eigenvalue weighted by atomic mass is 28.4. The Balaban J connectivity index is 2.01. The van der Waals surface area contributed by atoms with Crippen molar-refractivity contribution in [1.29, 1.82) is 0 Å². The van der Waals surface area contributed by atoms with Crippen molar-refractivity contribution in [2.24, 2.45) is 5.92 Å². The summed E-state index contributed by atoms with van der Waals surface area (Å²) in [5.41, 5.74) is 3.64. The summed E-state index contributed by atoms with van der Waals surface area (Å²) in [6, 6.07) is 4.21. The van der Waals surface area contributed by atoms with Gasteiger partial charge in [-0.2, -0.15) is 0 Å². The molecule has 2 rings (SSSR count). The smallest absolute Gasteiger partial charge is 0.191 e. The first-order valence-corrected chi connectivity index (χ1v) is 10.9. The number of allylic oxidation sites excluding steroid dienone is 1. The van der Waals surface area contributed by atoms with E-state index in [9.17, 15) is 0 Å². The van der Waals surface area contributed by atoms with Crippen LogP contribution in [0.1, 0.15) is 44.9 Å². The molecule has 3 heteroatoms. The van der Waals surface area contributed by atoms with Gasteiger partial charge in [0.15, 0.2) is 8.32 Å². The normalized spacial score (nSPS) is 20.0. The minimum atomic E-state index is -1.65. The lowest BCUT2D eigenvalue weighted by Crippen LogP contribution is -2.42.